The molecular formula is C12H19BrN2O. The van der Waals surface area contributed by atoms with Crippen LogP contribution >= 0.6 is 15.9 Å². The van der Waals surface area contributed by atoms with Crippen LogP contribution in [-0.2, 0) is 11.3 Å². The molecule has 0 spiro atoms. The zero-order valence-electron chi connectivity index (χ0n) is 10.0. The van der Waals surface area contributed by atoms with E-state index in [-0.39, 0.29) is 0 Å². The molecule has 1 rings (SSSR count). The van der Waals surface area contributed by atoms with Crippen LogP contribution in [0.5, 0.6) is 0 Å². The summed E-state index contributed by atoms with van der Waals surface area (Å²) in [5, 5.41) is 3.45. The normalized spacial score (nSPS) is 13.1. The Balaban J connectivity index is 2.45. The van der Waals surface area contributed by atoms with Crippen molar-refractivity contribution in [3.05, 3.63) is 28.5 Å². The molecule has 0 saturated carbocycles. The minimum absolute atomic E-state index is 0.371. The minimum Gasteiger partial charge on any atom is -0.383 e. The third-order valence-electron chi connectivity index (χ3n) is 2.48. The van der Waals surface area contributed by atoms with Crippen LogP contribution in [0, 0.1) is 5.92 Å². The highest BCUT2D eigenvalue weighted by Crippen LogP contribution is 2.08. The molecule has 16 heavy (non-hydrogen) atoms. The average Bonchev–Trinajstić information content (AvgIpc) is 2.26. The van der Waals surface area contributed by atoms with Crippen LogP contribution in [0.1, 0.15) is 19.5 Å². The van der Waals surface area contributed by atoms with E-state index >= 15 is 0 Å². The minimum atomic E-state index is 0.371. The van der Waals surface area contributed by atoms with Crippen molar-refractivity contribution >= 4 is 15.9 Å². The van der Waals surface area contributed by atoms with Gasteiger partial charge in [-0.1, -0.05) is 13.8 Å². The van der Waals surface area contributed by atoms with Crippen molar-refractivity contribution in [3.8, 4) is 0 Å². The molecule has 1 aromatic rings. The number of rotatable bonds is 6. The number of methoxy groups -OCH3 is 1. The number of pyridine rings is 1. The largest absolute Gasteiger partial charge is 0.383 e. The molecular weight excluding hydrogens is 268 g/mol. The fourth-order valence-electron chi connectivity index (χ4n) is 1.41. The maximum atomic E-state index is 5.18. The highest BCUT2D eigenvalue weighted by atomic mass is 79.9. The number of aromatic nitrogens is 1. The summed E-state index contributed by atoms with van der Waals surface area (Å²) < 4.78 is 6.19. The van der Waals surface area contributed by atoms with Crippen LogP contribution in [0.25, 0.3) is 0 Å². The van der Waals surface area contributed by atoms with Crippen molar-refractivity contribution in [2.75, 3.05) is 13.7 Å². The molecule has 0 aliphatic carbocycles. The van der Waals surface area contributed by atoms with Crippen LogP contribution in [0.3, 0.4) is 0 Å². The maximum absolute atomic E-state index is 5.18. The van der Waals surface area contributed by atoms with E-state index in [4.69, 9.17) is 4.74 Å². The first-order valence-corrected chi connectivity index (χ1v) is 6.25. The Morgan fingerprint density at radius 1 is 1.44 bits per heavy atom. The van der Waals surface area contributed by atoms with Crippen LogP contribution in [0.2, 0.25) is 0 Å². The van der Waals surface area contributed by atoms with Crippen molar-refractivity contribution in [1.82, 2.24) is 10.3 Å². The van der Waals surface area contributed by atoms with Crippen LogP contribution < -0.4 is 5.32 Å². The molecule has 0 aliphatic rings. The van der Waals surface area contributed by atoms with E-state index in [1.165, 1.54) is 0 Å². The molecule has 90 valence electrons. The summed E-state index contributed by atoms with van der Waals surface area (Å²) in [6.45, 7) is 5.88. The molecule has 0 aromatic carbocycles. The summed E-state index contributed by atoms with van der Waals surface area (Å²) in [6.07, 6.45) is 1.82. The average molecular weight is 287 g/mol. The topological polar surface area (TPSA) is 34.1 Å². The first-order chi connectivity index (χ1) is 7.63. The molecule has 0 fully saturated rings. The van der Waals surface area contributed by atoms with Crippen LogP contribution in [-0.4, -0.2) is 24.7 Å². The number of nitrogens with zero attached hydrogens (tertiary/aromatic N) is 1. The van der Waals surface area contributed by atoms with Gasteiger partial charge in [0.2, 0.25) is 0 Å². The molecule has 0 radical (unpaired) electrons. The van der Waals surface area contributed by atoms with E-state index in [0.29, 0.717) is 12.0 Å². The van der Waals surface area contributed by atoms with E-state index in [1.807, 2.05) is 18.3 Å². The van der Waals surface area contributed by atoms with Crippen LogP contribution in [0.15, 0.2) is 22.8 Å². The predicted molar refractivity (Wildman–Crippen MR) is 69.3 cm³/mol. The molecule has 1 N–H and O–H groups in total. The third-order valence-corrected chi connectivity index (χ3v) is 2.95. The van der Waals surface area contributed by atoms with Gasteiger partial charge in [0.05, 0.1) is 12.3 Å². The van der Waals surface area contributed by atoms with E-state index < -0.39 is 0 Å². The van der Waals surface area contributed by atoms with Gasteiger partial charge in [-0.15, -0.1) is 0 Å². The van der Waals surface area contributed by atoms with Crippen molar-refractivity contribution in [2.45, 2.75) is 26.4 Å². The van der Waals surface area contributed by atoms with E-state index in [9.17, 15) is 0 Å². The lowest BCUT2D eigenvalue weighted by Crippen LogP contribution is -2.37. The summed E-state index contributed by atoms with van der Waals surface area (Å²) in [5.74, 6) is 0.551. The highest BCUT2D eigenvalue weighted by Gasteiger charge is 2.12. The maximum Gasteiger partial charge on any atom is 0.0618 e. The van der Waals surface area contributed by atoms with Gasteiger partial charge in [-0.2, -0.15) is 0 Å². The van der Waals surface area contributed by atoms with Gasteiger partial charge in [0.1, 0.15) is 0 Å². The van der Waals surface area contributed by atoms with E-state index in [2.05, 4.69) is 40.1 Å². The lowest BCUT2D eigenvalue weighted by atomic mass is 10.1. The lowest BCUT2D eigenvalue weighted by Gasteiger charge is -2.21. The molecule has 1 atom stereocenters. The number of nitrogens with one attached hydrogen (secondary N) is 1. The van der Waals surface area contributed by atoms with Gasteiger partial charge in [0.25, 0.3) is 0 Å². The number of ether oxygens (including phenoxy) is 1. The second-order valence-electron chi connectivity index (χ2n) is 4.15. The van der Waals surface area contributed by atoms with Crippen molar-refractivity contribution in [1.29, 1.82) is 0 Å². The van der Waals surface area contributed by atoms with Gasteiger partial charge in [0.15, 0.2) is 0 Å². The van der Waals surface area contributed by atoms with Gasteiger partial charge in [-0.05, 0) is 34.0 Å². The van der Waals surface area contributed by atoms with Crippen molar-refractivity contribution in [3.63, 3.8) is 0 Å². The Morgan fingerprint density at radius 3 is 2.69 bits per heavy atom. The van der Waals surface area contributed by atoms with Gasteiger partial charge in [-0.25, -0.2) is 0 Å². The monoisotopic (exact) mass is 286 g/mol. The fraction of sp³-hybridized carbons (Fsp3) is 0.583. The summed E-state index contributed by atoms with van der Waals surface area (Å²) >= 11 is 3.37. The quantitative estimate of drug-likeness (QED) is 0.873. The zero-order chi connectivity index (χ0) is 12.0. The summed E-state index contributed by atoms with van der Waals surface area (Å²) in [5.41, 5.74) is 1.05. The Hall–Kier alpha value is -0.450. The molecule has 1 unspecified atom stereocenters. The fourth-order valence-corrected chi connectivity index (χ4v) is 1.65. The van der Waals surface area contributed by atoms with Gasteiger partial charge >= 0.3 is 0 Å². The number of hydrogen-bond acceptors (Lipinski definition) is 3. The molecule has 0 saturated heterocycles. The zero-order valence-corrected chi connectivity index (χ0v) is 11.6. The molecule has 1 aromatic heterocycles. The molecule has 1 heterocycles. The predicted octanol–water partition coefficient (Wildman–Crippen LogP) is 2.60. The van der Waals surface area contributed by atoms with Gasteiger partial charge in [0, 0.05) is 30.4 Å². The van der Waals surface area contributed by atoms with Crippen LogP contribution in [0.4, 0.5) is 0 Å². The van der Waals surface area contributed by atoms with E-state index in [0.717, 1.165) is 23.3 Å². The summed E-state index contributed by atoms with van der Waals surface area (Å²) in [4.78, 5) is 4.32. The Bertz CT molecular complexity index is 300. The van der Waals surface area contributed by atoms with Gasteiger partial charge in [-0.3, -0.25) is 4.98 Å². The van der Waals surface area contributed by atoms with Crippen molar-refractivity contribution < 1.29 is 4.74 Å². The van der Waals surface area contributed by atoms with E-state index in [1.54, 1.807) is 7.11 Å². The highest BCUT2D eigenvalue weighted by molar-refractivity contribution is 9.10. The summed E-state index contributed by atoms with van der Waals surface area (Å²) in [6, 6.07) is 4.39. The lowest BCUT2D eigenvalue weighted by molar-refractivity contribution is 0.146. The van der Waals surface area contributed by atoms with Crippen molar-refractivity contribution in [2.24, 2.45) is 5.92 Å². The first-order valence-electron chi connectivity index (χ1n) is 5.46. The first kappa shape index (κ1) is 13.6. The molecule has 4 heteroatoms. The SMILES string of the molecule is COCC(NCc1ccc(Br)cn1)C(C)C. The number of hydrogen-bond donors (Lipinski definition) is 1. The number of halogens is 1. The summed E-state index contributed by atoms with van der Waals surface area (Å²) in [7, 11) is 1.73. The Morgan fingerprint density at radius 2 is 2.19 bits per heavy atom. The Labute approximate surface area is 106 Å². The molecule has 0 bridgehead atoms. The second-order valence-corrected chi connectivity index (χ2v) is 5.07. The van der Waals surface area contributed by atoms with Gasteiger partial charge < -0.3 is 10.1 Å². The smallest absolute Gasteiger partial charge is 0.0618 e. The Kier molecular flexibility index (Phi) is 5.95. The molecule has 3 nitrogen and oxygen atoms in total. The second kappa shape index (κ2) is 6.99. The molecule has 0 aliphatic heterocycles. The standard InChI is InChI=1S/C12H19BrN2O/c1-9(2)12(8-16-3)15-7-11-5-4-10(13)6-14-11/h4-6,9,12,15H,7-8H2,1-3H3. The molecule has 0 amide bonds. The third kappa shape index (κ3) is 4.60.